The number of hydrogen-bond acceptors (Lipinski definition) is 5. The second-order valence-corrected chi connectivity index (χ2v) is 8.32. The lowest BCUT2D eigenvalue weighted by Crippen LogP contribution is -2.24. The Balaban J connectivity index is 1.63. The molecule has 1 N–H and O–H groups in total. The maximum Gasteiger partial charge on any atom is 0.230 e. The van der Waals surface area contributed by atoms with Crippen LogP contribution in [0.1, 0.15) is 35.5 Å². The molecule has 1 aromatic heterocycles. The van der Waals surface area contributed by atoms with Gasteiger partial charge in [0.2, 0.25) is 5.91 Å². The lowest BCUT2D eigenvalue weighted by Gasteiger charge is -2.16. The molecule has 0 saturated heterocycles. The standard InChI is InChI=1S/C24H28N4O2S/c1-5-11-28-23(19(4)30-21-13-17(2)12-18(3)14-21)26-27-24(28)31-16-22(29)25-15-20-9-7-6-8-10-20/h5-10,12-14,19H,1,11,15-16H2,2-4H3,(H,25,29). The number of aryl methyl sites for hydroxylation is 2. The minimum Gasteiger partial charge on any atom is -0.483 e. The number of carbonyl (C=O) groups is 1. The molecule has 1 atom stereocenters. The van der Waals surface area contributed by atoms with Gasteiger partial charge in [0.1, 0.15) is 5.75 Å². The van der Waals surface area contributed by atoms with E-state index in [1.54, 1.807) is 6.08 Å². The molecule has 2 aromatic carbocycles. The summed E-state index contributed by atoms with van der Waals surface area (Å²) in [6.07, 6.45) is 1.49. The number of thioether (sulfide) groups is 1. The SMILES string of the molecule is C=CCn1c(SCC(=O)NCc2ccccc2)nnc1C(C)Oc1cc(C)cc(C)c1. The highest BCUT2D eigenvalue weighted by atomic mass is 32.2. The molecule has 1 heterocycles. The summed E-state index contributed by atoms with van der Waals surface area (Å²) in [6, 6.07) is 15.9. The Kier molecular flexibility index (Phi) is 7.89. The minimum atomic E-state index is -0.296. The lowest BCUT2D eigenvalue weighted by atomic mass is 10.1. The van der Waals surface area contributed by atoms with Gasteiger partial charge >= 0.3 is 0 Å². The first kappa shape index (κ1) is 22.6. The zero-order valence-electron chi connectivity index (χ0n) is 18.2. The summed E-state index contributed by atoms with van der Waals surface area (Å²) in [5, 5.41) is 12.2. The van der Waals surface area contributed by atoms with E-state index in [0.29, 0.717) is 24.1 Å². The van der Waals surface area contributed by atoms with Crippen molar-refractivity contribution in [3.05, 3.63) is 83.7 Å². The monoisotopic (exact) mass is 436 g/mol. The lowest BCUT2D eigenvalue weighted by molar-refractivity contribution is -0.118. The Labute approximate surface area is 187 Å². The highest BCUT2D eigenvalue weighted by Crippen LogP contribution is 2.26. The Morgan fingerprint density at radius 2 is 1.90 bits per heavy atom. The van der Waals surface area contributed by atoms with Crippen LogP contribution >= 0.6 is 11.8 Å². The number of amides is 1. The maximum atomic E-state index is 12.3. The van der Waals surface area contributed by atoms with Gasteiger partial charge in [-0.25, -0.2) is 0 Å². The quantitative estimate of drug-likeness (QED) is 0.371. The number of aromatic nitrogens is 3. The van der Waals surface area contributed by atoms with Crippen molar-refractivity contribution in [2.75, 3.05) is 5.75 Å². The fraction of sp³-hybridized carbons (Fsp3) is 0.292. The molecule has 0 bridgehead atoms. The first-order valence-corrected chi connectivity index (χ1v) is 11.2. The molecule has 0 radical (unpaired) electrons. The molecule has 31 heavy (non-hydrogen) atoms. The van der Waals surface area contributed by atoms with Crippen LogP contribution in [-0.4, -0.2) is 26.4 Å². The number of carbonyl (C=O) groups excluding carboxylic acids is 1. The molecular weight excluding hydrogens is 408 g/mol. The predicted molar refractivity (Wildman–Crippen MR) is 124 cm³/mol. The second kappa shape index (κ2) is 10.8. The molecule has 1 unspecified atom stereocenters. The van der Waals surface area contributed by atoms with Crippen LogP contribution in [0.25, 0.3) is 0 Å². The molecule has 3 aromatic rings. The highest BCUT2D eigenvalue weighted by molar-refractivity contribution is 7.99. The van der Waals surface area contributed by atoms with Gasteiger partial charge in [0, 0.05) is 13.1 Å². The number of ether oxygens (including phenoxy) is 1. The van der Waals surface area contributed by atoms with E-state index in [0.717, 1.165) is 22.4 Å². The summed E-state index contributed by atoms with van der Waals surface area (Å²) in [5.41, 5.74) is 3.36. The third-order valence-electron chi connectivity index (χ3n) is 4.59. The van der Waals surface area contributed by atoms with Crippen LogP contribution in [0.3, 0.4) is 0 Å². The summed E-state index contributed by atoms with van der Waals surface area (Å²) in [4.78, 5) is 12.3. The summed E-state index contributed by atoms with van der Waals surface area (Å²) < 4.78 is 8.07. The Morgan fingerprint density at radius 1 is 1.19 bits per heavy atom. The van der Waals surface area contributed by atoms with E-state index >= 15 is 0 Å². The fourth-order valence-electron chi connectivity index (χ4n) is 3.24. The molecule has 162 valence electrons. The van der Waals surface area contributed by atoms with Crippen molar-refractivity contribution in [3.63, 3.8) is 0 Å². The van der Waals surface area contributed by atoms with Crippen LogP contribution in [0.5, 0.6) is 5.75 Å². The topological polar surface area (TPSA) is 69.0 Å². The van der Waals surface area contributed by atoms with E-state index in [2.05, 4.69) is 28.2 Å². The van der Waals surface area contributed by atoms with E-state index in [-0.39, 0.29) is 17.8 Å². The highest BCUT2D eigenvalue weighted by Gasteiger charge is 2.20. The molecule has 0 aliphatic rings. The van der Waals surface area contributed by atoms with Crippen molar-refractivity contribution in [2.24, 2.45) is 0 Å². The van der Waals surface area contributed by atoms with Crippen LogP contribution in [0, 0.1) is 13.8 Å². The number of nitrogens with one attached hydrogen (secondary N) is 1. The first-order chi connectivity index (χ1) is 15.0. The third-order valence-corrected chi connectivity index (χ3v) is 5.56. The largest absolute Gasteiger partial charge is 0.483 e. The van der Waals surface area contributed by atoms with Crippen LogP contribution in [-0.2, 0) is 17.9 Å². The molecular formula is C24H28N4O2S. The molecule has 3 rings (SSSR count). The molecule has 0 spiro atoms. The van der Waals surface area contributed by atoms with Gasteiger partial charge in [-0.3, -0.25) is 9.36 Å². The minimum absolute atomic E-state index is 0.0527. The van der Waals surface area contributed by atoms with E-state index < -0.39 is 0 Å². The first-order valence-electron chi connectivity index (χ1n) is 10.2. The van der Waals surface area contributed by atoms with E-state index in [1.807, 2.05) is 67.8 Å². The molecule has 7 heteroatoms. The molecule has 6 nitrogen and oxygen atoms in total. The van der Waals surface area contributed by atoms with Gasteiger partial charge in [-0.2, -0.15) is 0 Å². The summed E-state index contributed by atoms with van der Waals surface area (Å²) in [6.45, 7) is 10.9. The number of hydrogen-bond donors (Lipinski definition) is 1. The molecule has 0 aliphatic carbocycles. The zero-order chi connectivity index (χ0) is 22.2. The van der Waals surface area contributed by atoms with E-state index in [9.17, 15) is 4.79 Å². The van der Waals surface area contributed by atoms with Gasteiger partial charge in [0.25, 0.3) is 0 Å². The molecule has 0 aliphatic heterocycles. The van der Waals surface area contributed by atoms with E-state index in [1.165, 1.54) is 11.8 Å². The van der Waals surface area contributed by atoms with Crippen LogP contribution in [0.2, 0.25) is 0 Å². The molecule has 0 fully saturated rings. The van der Waals surface area contributed by atoms with Crippen LogP contribution in [0.4, 0.5) is 0 Å². The second-order valence-electron chi connectivity index (χ2n) is 7.37. The number of rotatable bonds is 10. The van der Waals surface area contributed by atoms with Crippen LogP contribution < -0.4 is 10.1 Å². The molecule has 1 amide bonds. The average molecular weight is 437 g/mol. The molecule has 0 saturated carbocycles. The summed E-state index contributed by atoms with van der Waals surface area (Å²) in [7, 11) is 0. The summed E-state index contributed by atoms with van der Waals surface area (Å²) in [5.74, 6) is 1.70. The van der Waals surface area contributed by atoms with Gasteiger partial charge < -0.3 is 10.1 Å². The fourth-order valence-corrected chi connectivity index (χ4v) is 4.03. The number of benzene rings is 2. The van der Waals surface area contributed by atoms with Crippen molar-refractivity contribution < 1.29 is 9.53 Å². The van der Waals surface area contributed by atoms with Crippen molar-refractivity contribution in [1.29, 1.82) is 0 Å². The number of allylic oxidation sites excluding steroid dienone is 1. The zero-order valence-corrected chi connectivity index (χ0v) is 19.0. The Bertz CT molecular complexity index is 1010. The smallest absolute Gasteiger partial charge is 0.230 e. The number of nitrogens with zero attached hydrogens (tertiary/aromatic N) is 3. The van der Waals surface area contributed by atoms with Gasteiger partial charge in [0.05, 0.1) is 5.75 Å². The van der Waals surface area contributed by atoms with Gasteiger partial charge in [-0.15, -0.1) is 16.8 Å². The maximum absolute atomic E-state index is 12.3. The van der Waals surface area contributed by atoms with Gasteiger partial charge in [0.15, 0.2) is 17.1 Å². The average Bonchev–Trinajstić information content (AvgIpc) is 3.14. The van der Waals surface area contributed by atoms with Gasteiger partial charge in [-0.05, 0) is 49.6 Å². The van der Waals surface area contributed by atoms with Crippen molar-refractivity contribution in [1.82, 2.24) is 20.1 Å². The predicted octanol–water partition coefficient (Wildman–Crippen LogP) is 4.63. The van der Waals surface area contributed by atoms with E-state index in [4.69, 9.17) is 4.74 Å². The van der Waals surface area contributed by atoms with Crippen molar-refractivity contribution in [3.8, 4) is 5.75 Å². The summed E-state index contributed by atoms with van der Waals surface area (Å²) >= 11 is 1.35. The van der Waals surface area contributed by atoms with Crippen LogP contribution in [0.15, 0.2) is 66.3 Å². The van der Waals surface area contributed by atoms with Crippen molar-refractivity contribution >= 4 is 17.7 Å². The third kappa shape index (κ3) is 6.46. The normalized spacial score (nSPS) is 11.7. The van der Waals surface area contributed by atoms with Gasteiger partial charge in [-0.1, -0.05) is 54.2 Å². The van der Waals surface area contributed by atoms with Crippen molar-refractivity contribution in [2.45, 2.75) is 45.1 Å². The Morgan fingerprint density at radius 3 is 2.58 bits per heavy atom. The Hall–Kier alpha value is -3.06.